The fourth-order valence-electron chi connectivity index (χ4n) is 1.65. The van der Waals surface area contributed by atoms with Crippen molar-refractivity contribution in [1.82, 2.24) is 9.55 Å². The molecule has 110 valence electrons. The van der Waals surface area contributed by atoms with Crippen molar-refractivity contribution in [3.63, 3.8) is 0 Å². The molecule has 1 heterocycles. The molecule has 7 heteroatoms. The summed E-state index contributed by atoms with van der Waals surface area (Å²) in [6, 6.07) is 6.53. The molecule has 1 amide bonds. The predicted octanol–water partition coefficient (Wildman–Crippen LogP) is 1.38. The second-order valence-electron chi connectivity index (χ2n) is 4.31. The summed E-state index contributed by atoms with van der Waals surface area (Å²) in [4.78, 5) is 26.0. The van der Waals surface area contributed by atoms with Crippen LogP contribution in [0, 0.1) is 0 Å². The molecular formula is C14H15N3O4. The van der Waals surface area contributed by atoms with E-state index < -0.39 is 12.6 Å². The Kier molecular flexibility index (Phi) is 4.92. The van der Waals surface area contributed by atoms with E-state index in [1.54, 1.807) is 43.0 Å². The number of hydrogen-bond acceptors (Lipinski definition) is 4. The van der Waals surface area contributed by atoms with Gasteiger partial charge in [-0.3, -0.25) is 4.79 Å². The molecule has 1 aromatic carbocycles. The highest BCUT2D eigenvalue weighted by atomic mass is 16.5. The second kappa shape index (κ2) is 7.09. The van der Waals surface area contributed by atoms with Gasteiger partial charge in [-0.2, -0.15) is 0 Å². The van der Waals surface area contributed by atoms with E-state index in [1.165, 1.54) is 0 Å². The van der Waals surface area contributed by atoms with Crippen molar-refractivity contribution in [1.29, 1.82) is 0 Å². The highest BCUT2D eigenvalue weighted by Gasteiger charge is 2.04. The van der Waals surface area contributed by atoms with Crippen LogP contribution >= 0.6 is 0 Å². The number of aryl methyl sites for hydroxylation is 1. The van der Waals surface area contributed by atoms with Crippen molar-refractivity contribution in [3.05, 3.63) is 43.0 Å². The zero-order chi connectivity index (χ0) is 15.1. The van der Waals surface area contributed by atoms with Crippen LogP contribution < -0.4 is 10.1 Å². The molecule has 0 atom stereocenters. The number of carbonyl (C=O) groups excluding carboxylic acids is 1. The van der Waals surface area contributed by atoms with Crippen LogP contribution in [0.5, 0.6) is 5.75 Å². The molecule has 0 saturated heterocycles. The van der Waals surface area contributed by atoms with E-state index in [-0.39, 0.29) is 5.91 Å². The standard InChI is InChI=1S/C14H15N3O4/c18-13(5-7-17-8-6-15-10-17)16-11-1-3-12(4-2-11)21-9-14(19)20/h1-4,6,8,10H,5,7,9H2,(H,16,18)(H,19,20). The molecule has 0 spiro atoms. The Hall–Kier alpha value is -2.83. The first-order valence-corrected chi connectivity index (χ1v) is 6.34. The van der Waals surface area contributed by atoms with Gasteiger partial charge in [-0.25, -0.2) is 9.78 Å². The molecule has 7 nitrogen and oxygen atoms in total. The van der Waals surface area contributed by atoms with Gasteiger partial charge in [0, 0.05) is 31.0 Å². The number of aliphatic carboxylic acids is 1. The lowest BCUT2D eigenvalue weighted by Crippen LogP contribution is -2.14. The van der Waals surface area contributed by atoms with Crippen molar-refractivity contribution in [3.8, 4) is 5.75 Å². The lowest BCUT2D eigenvalue weighted by molar-refractivity contribution is -0.139. The first-order valence-electron chi connectivity index (χ1n) is 6.34. The summed E-state index contributed by atoms with van der Waals surface area (Å²) >= 11 is 0. The molecule has 2 N–H and O–H groups in total. The Bertz CT molecular complexity index is 593. The molecule has 2 aromatic rings. The molecule has 0 radical (unpaired) electrons. The number of aromatic nitrogens is 2. The quantitative estimate of drug-likeness (QED) is 0.803. The van der Waals surface area contributed by atoms with Gasteiger partial charge < -0.3 is 19.7 Å². The number of ether oxygens (including phenoxy) is 1. The summed E-state index contributed by atoms with van der Waals surface area (Å²) in [5.74, 6) is -0.705. The van der Waals surface area contributed by atoms with Crippen molar-refractivity contribution >= 4 is 17.6 Å². The zero-order valence-corrected chi connectivity index (χ0v) is 11.2. The maximum Gasteiger partial charge on any atom is 0.341 e. The summed E-state index contributed by atoms with van der Waals surface area (Å²) in [5, 5.41) is 11.2. The normalized spacial score (nSPS) is 10.1. The molecule has 0 aliphatic rings. The van der Waals surface area contributed by atoms with Crippen LogP contribution in [-0.2, 0) is 16.1 Å². The van der Waals surface area contributed by atoms with Gasteiger partial charge in [-0.1, -0.05) is 0 Å². The number of hydrogen-bond donors (Lipinski definition) is 2. The van der Waals surface area contributed by atoms with E-state index in [2.05, 4.69) is 10.3 Å². The monoisotopic (exact) mass is 289 g/mol. The van der Waals surface area contributed by atoms with Gasteiger partial charge in [-0.05, 0) is 24.3 Å². The van der Waals surface area contributed by atoms with Crippen LogP contribution in [-0.4, -0.2) is 33.1 Å². The molecular weight excluding hydrogens is 274 g/mol. The SMILES string of the molecule is O=C(O)COc1ccc(NC(=O)CCn2ccnc2)cc1. The van der Waals surface area contributed by atoms with Gasteiger partial charge in [0.25, 0.3) is 0 Å². The minimum absolute atomic E-state index is 0.108. The van der Waals surface area contributed by atoms with Crippen LogP contribution in [0.3, 0.4) is 0 Å². The molecule has 0 aliphatic heterocycles. The number of anilines is 1. The minimum Gasteiger partial charge on any atom is -0.482 e. The Labute approximate surface area is 121 Å². The molecule has 0 saturated carbocycles. The van der Waals surface area contributed by atoms with E-state index >= 15 is 0 Å². The van der Waals surface area contributed by atoms with E-state index in [0.717, 1.165) is 0 Å². The Morgan fingerprint density at radius 1 is 1.29 bits per heavy atom. The number of imidazole rings is 1. The molecule has 0 unspecified atom stereocenters. The molecule has 0 bridgehead atoms. The highest BCUT2D eigenvalue weighted by Crippen LogP contribution is 2.15. The highest BCUT2D eigenvalue weighted by molar-refractivity contribution is 5.90. The smallest absolute Gasteiger partial charge is 0.341 e. The topological polar surface area (TPSA) is 93.5 Å². The van der Waals surface area contributed by atoms with Crippen LogP contribution in [0.2, 0.25) is 0 Å². The Morgan fingerprint density at radius 3 is 2.67 bits per heavy atom. The van der Waals surface area contributed by atoms with Gasteiger partial charge >= 0.3 is 5.97 Å². The maximum atomic E-state index is 11.8. The number of amides is 1. The first-order chi connectivity index (χ1) is 10.1. The van der Waals surface area contributed by atoms with E-state index in [9.17, 15) is 9.59 Å². The number of nitrogens with one attached hydrogen (secondary N) is 1. The molecule has 2 rings (SSSR count). The number of rotatable bonds is 7. The van der Waals surface area contributed by atoms with Gasteiger partial charge in [-0.15, -0.1) is 0 Å². The van der Waals surface area contributed by atoms with Crippen LogP contribution in [0.1, 0.15) is 6.42 Å². The number of benzene rings is 1. The molecule has 0 fully saturated rings. The lowest BCUT2D eigenvalue weighted by Gasteiger charge is -2.07. The van der Waals surface area contributed by atoms with E-state index in [1.807, 2.05) is 4.57 Å². The second-order valence-corrected chi connectivity index (χ2v) is 4.31. The summed E-state index contributed by atoms with van der Waals surface area (Å²) in [6.45, 7) is 0.169. The number of nitrogens with zero attached hydrogens (tertiary/aromatic N) is 2. The largest absolute Gasteiger partial charge is 0.482 e. The summed E-state index contributed by atoms with van der Waals surface area (Å²) in [6.07, 6.45) is 5.45. The summed E-state index contributed by atoms with van der Waals surface area (Å²) in [5.41, 5.74) is 0.633. The van der Waals surface area contributed by atoms with Crippen molar-refractivity contribution in [2.24, 2.45) is 0 Å². The molecule has 1 aromatic heterocycles. The fourth-order valence-corrected chi connectivity index (χ4v) is 1.65. The summed E-state index contributed by atoms with van der Waals surface area (Å²) in [7, 11) is 0. The Balaban J connectivity index is 1.79. The van der Waals surface area contributed by atoms with Crippen molar-refractivity contribution < 1.29 is 19.4 Å². The molecule has 0 aliphatic carbocycles. The van der Waals surface area contributed by atoms with Crippen LogP contribution in [0.25, 0.3) is 0 Å². The van der Waals surface area contributed by atoms with Crippen LogP contribution in [0.15, 0.2) is 43.0 Å². The fraction of sp³-hybridized carbons (Fsp3) is 0.214. The van der Waals surface area contributed by atoms with E-state index in [4.69, 9.17) is 9.84 Å². The summed E-state index contributed by atoms with van der Waals surface area (Å²) < 4.78 is 6.82. The lowest BCUT2D eigenvalue weighted by atomic mass is 10.3. The van der Waals surface area contributed by atoms with Gasteiger partial charge in [0.1, 0.15) is 5.75 Å². The average Bonchev–Trinajstić information content (AvgIpc) is 2.98. The predicted molar refractivity (Wildman–Crippen MR) is 75.0 cm³/mol. The van der Waals surface area contributed by atoms with Crippen LogP contribution in [0.4, 0.5) is 5.69 Å². The third kappa shape index (κ3) is 4.98. The van der Waals surface area contributed by atoms with Gasteiger partial charge in [0.2, 0.25) is 5.91 Å². The number of carboxylic acids is 1. The van der Waals surface area contributed by atoms with Gasteiger partial charge in [0.05, 0.1) is 6.33 Å². The van der Waals surface area contributed by atoms with E-state index in [0.29, 0.717) is 24.4 Å². The van der Waals surface area contributed by atoms with Gasteiger partial charge in [0.15, 0.2) is 6.61 Å². The van der Waals surface area contributed by atoms with Crippen molar-refractivity contribution in [2.45, 2.75) is 13.0 Å². The maximum absolute atomic E-state index is 11.8. The minimum atomic E-state index is -1.04. The number of carboxylic acid groups (broad SMARTS) is 1. The average molecular weight is 289 g/mol. The zero-order valence-electron chi connectivity index (χ0n) is 11.2. The van der Waals surface area contributed by atoms with Crippen molar-refractivity contribution in [2.75, 3.05) is 11.9 Å². The Morgan fingerprint density at radius 2 is 2.05 bits per heavy atom. The number of carbonyl (C=O) groups is 2. The third-order valence-corrected chi connectivity index (χ3v) is 2.66. The molecule has 21 heavy (non-hydrogen) atoms. The first kappa shape index (κ1) is 14.6. The third-order valence-electron chi connectivity index (χ3n) is 2.66.